The number of carbonyl (C=O) groups is 4. The fourth-order valence-corrected chi connectivity index (χ4v) is 10.7. The Balaban J connectivity index is 0.732. The number of thiophene rings is 1. The Bertz CT molecular complexity index is 2380. The maximum Gasteiger partial charge on any atom is 0.262 e. The van der Waals surface area contributed by atoms with Crippen molar-refractivity contribution in [1.82, 2.24) is 15.1 Å². The number of hydrogen-bond donors (Lipinski definition) is 2. The Morgan fingerprint density at radius 3 is 2.21 bits per heavy atom. The van der Waals surface area contributed by atoms with Gasteiger partial charge in [-0.3, -0.25) is 34.3 Å². The zero-order valence-electron chi connectivity index (χ0n) is 32.0. The molecule has 1 aliphatic carbocycles. The largest absolute Gasteiger partial charge is 0.508 e. The van der Waals surface area contributed by atoms with Crippen molar-refractivity contribution in [2.75, 3.05) is 26.2 Å². The molecule has 4 heterocycles. The first-order chi connectivity index (χ1) is 28.2. The number of amides is 4. The van der Waals surface area contributed by atoms with Gasteiger partial charge in [0.2, 0.25) is 11.8 Å². The molecule has 0 radical (unpaired) electrons. The topological polar surface area (TPSA) is 125 Å². The number of likely N-dealkylation sites (tertiary alicyclic amines) is 1. The molecule has 4 aliphatic rings. The summed E-state index contributed by atoms with van der Waals surface area (Å²) in [6, 6.07) is 25.9. The Morgan fingerprint density at radius 1 is 0.759 bits per heavy atom. The molecular formula is C46H44BrN3O7S. The van der Waals surface area contributed by atoms with Crippen LogP contribution < -0.4 is 14.8 Å². The van der Waals surface area contributed by atoms with Crippen LogP contribution in [-0.2, 0) is 9.59 Å². The summed E-state index contributed by atoms with van der Waals surface area (Å²) in [6.45, 7) is 3.63. The van der Waals surface area contributed by atoms with Gasteiger partial charge in [0.1, 0.15) is 29.9 Å². The summed E-state index contributed by atoms with van der Waals surface area (Å²) in [6.07, 6.45) is 7.06. The number of ether oxygens (including phenoxy) is 2. The lowest BCUT2D eigenvalue weighted by atomic mass is 9.71. The van der Waals surface area contributed by atoms with E-state index in [1.165, 1.54) is 12.8 Å². The smallest absolute Gasteiger partial charge is 0.262 e. The third-order valence-electron chi connectivity index (χ3n) is 12.5. The van der Waals surface area contributed by atoms with Gasteiger partial charge in [-0.1, -0.05) is 34.1 Å². The molecule has 4 amide bonds. The van der Waals surface area contributed by atoms with Crippen molar-refractivity contribution in [2.24, 2.45) is 11.8 Å². The summed E-state index contributed by atoms with van der Waals surface area (Å²) < 4.78 is 14.6. The second kappa shape index (κ2) is 16.3. The van der Waals surface area contributed by atoms with Gasteiger partial charge >= 0.3 is 0 Å². The number of benzene rings is 4. The molecule has 9 rings (SSSR count). The molecule has 2 saturated heterocycles. The van der Waals surface area contributed by atoms with Gasteiger partial charge in [-0.2, -0.15) is 0 Å². The van der Waals surface area contributed by atoms with E-state index >= 15 is 0 Å². The quantitative estimate of drug-likeness (QED) is 0.133. The van der Waals surface area contributed by atoms with Crippen LogP contribution in [0.25, 0.3) is 20.5 Å². The highest BCUT2D eigenvalue weighted by atomic mass is 79.9. The highest BCUT2D eigenvalue weighted by Crippen LogP contribution is 2.48. The molecule has 1 saturated carbocycles. The summed E-state index contributed by atoms with van der Waals surface area (Å²) in [7, 11) is 0. The van der Waals surface area contributed by atoms with E-state index in [0.29, 0.717) is 41.2 Å². The Hall–Kier alpha value is -5.04. The molecular weight excluding hydrogens is 818 g/mol. The monoisotopic (exact) mass is 861 g/mol. The predicted molar refractivity (Wildman–Crippen MR) is 226 cm³/mol. The third kappa shape index (κ3) is 7.77. The number of aromatic hydroxyl groups is 1. The summed E-state index contributed by atoms with van der Waals surface area (Å²) >= 11 is 5.12. The van der Waals surface area contributed by atoms with Gasteiger partial charge in [0.15, 0.2) is 5.75 Å². The van der Waals surface area contributed by atoms with Crippen LogP contribution in [-0.4, -0.2) is 70.8 Å². The predicted octanol–water partition coefficient (Wildman–Crippen LogP) is 9.29. The Labute approximate surface area is 349 Å². The van der Waals surface area contributed by atoms with E-state index < -0.39 is 23.8 Å². The molecule has 0 spiro atoms. The highest BCUT2D eigenvalue weighted by Gasteiger charge is 2.45. The van der Waals surface area contributed by atoms with E-state index in [-0.39, 0.29) is 24.5 Å². The average molecular weight is 863 g/mol. The zero-order valence-corrected chi connectivity index (χ0v) is 34.4. The van der Waals surface area contributed by atoms with Gasteiger partial charge in [-0.25, -0.2) is 0 Å². The first kappa shape index (κ1) is 38.5. The maximum absolute atomic E-state index is 13.4. The number of imide groups is 2. The fourth-order valence-electron chi connectivity index (χ4n) is 9.28. The fraction of sp³-hybridized carbons (Fsp3) is 0.348. The zero-order chi connectivity index (χ0) is 39.9. The average Bonchev–Trinajstić information content (AvgIpc) is 3.71. The molecule has 3 fully saturated rings. The standard InChI is InChI=1S/C46H44BrN3O7S/c47-32-8-5-30(6-9-32)43-42(37-16-10-33(51)26-40(37)58-43)57-35-13-11-34(12-14-35)56-24-23-49-21-19-29(20-22-49)27-1-3-28(4-2-27)31-7-15-36-38(25-31)46(55)50(45(36)54)39-17-18-41(52)48-44(39)53/h5-16,25-29,39,51H,1-4,17-24H2,(H,48,52,53). The SMILES string of the molecule is O=C1CCC(N2C(=O)c3ccc(C4CCC(C5CCN(CCOc6ccc(Oc7c(-c8ccc(Br)cc8)sc8cc(O)ccc78)cc6)CC5)CC4)cc3C2=O)C(=O)N1. The van der Waals surface area contributed by atoms with E-state index in [0.717, 1.165) is 92.3 Å². The van der Waals surface area contributed by atoms with Crippen LogP contribution in [0.2, 0.25) is 0 Å². The number of phenols is 1. The number of hydrogen-bond acceptors (Lipinski definition) is 9. The number of piperidine rings is 2. The number of rotatable bonds is 10. The minimum atomic E-state index is -0.947. The summed E-state index contributed by atoms with van der Waals surface area (Å²) in [5.74, 6) is 2.40. The second-order valence-electron chi connectivity index (χ2n) is 15.9. The van der Waals surface area contributed by atoms with Gasteiger partial charge < -0.3 is 14.6 Å². The van der Waals surface area contributed by atoms with Crippen molar-refractivity contribution in [3.63, 3.8) is 0 Å². The highest BCUT2D eigenvalue weighted by molar-refractivity contribution is 9.10. The van der Waals surface area contributed by atoms with Gasteiger partial charge in [0, 0.05) is 27.5 Å². The van der Waals surface area contributed by atoms with Gasteiger partial charge in [0.05, 0.1) is 16.0 Å². The molecule has 0 bridgehead atoms. The molecule has 1 unspecified atom stereocenters. The summed E-state index contributed by atoms with van der Waals surface area (Å²) in [5.41, 5.74) is 2.84. The molecule has 5 aromatic rings. The number of halogens is 1. The van der Waals surface area contributed by atoms with Crippen LogP contribution in [0, 0.1) is 11.8 Å². The first-order valence-corrected chi connectivity index (χ1v) is 21.8. The lowest BCUT2D eigenvalue weighted by molar-refractivity contribution is -0.136. The van der Waals surface area contributed by atoms with Crippen LogP contribution in [0.4, 0.5) is 0 Å². The Morgan fingerprint density at radius 2 is 1.47 bits per heavy atom. The van der Waals surface area contributed by atoms with Crippen molar-refractivity contribution in [3.8, 4) is 33.4 Å². The first-order valence-electron chi connectivity index (χ1n) is 20.2. The molecule has 10 nitrogen and oxygen atoms in total. The van der Waals surface area contributed by atoms with E-state index in [4.69, 9.17) is 9.47 Å². The molecule has 3 aliphatic heterocycles. The number of nitrogens with zero attached hydrogens (tertiary/aromatic N) is 2. The maximum atomic E-state index is 13.4. The molecule has 298 valence electrons. The van der Waals surface area contributed by atoms with Crippen molar-refractivity contribution in [1.29, 1.82) is 0 Å². The van der Waals surface area contributed by atoms with E-state index in [1.807, 2.05) is 54.6 Å². The molecule has 2 N–H and O–H groups in total. The molecule has 12 heteroatoms. The van der Waals surface area contributed by atoms with E-state index in [1.54, 1.807) is 29.5 Å². The molecule has 4 aromatic carbocycles. The summed E-state index contributed by atoms with van der Waals surface area (Å²) in [4.78, 5) is 55.1. The summed E-state index contributed by atoms with van der Waals surface area (Å²) in [5, 5.41) is 13.3. The minimum Gasteiger partial charge on any atom is -0.508 e. The Kier molecular flexibility index (Phi) is 10.8. The van der Waals surface area contributed by atoms with Crippen molar-refractivity contribution < 1.29 is 33.8 Å². The lowest BCUT2D eigenvalue weighted by Crippen LogP contribution is -2.54. The normalized spacial score (nSPS) is 21.7. The minimum absolute atomic E-state index is 0.109. The van der Waals surface area contributed by atoms with Gasteiger partial charge in [-0.05, 0) is 154 Å². The van der Waals surface area contributed by atoms with Crippen LogP contribution in [0.15, 0.2) is 89.4 Å². The van der Waals surface area contributed by atoms with Crippen LogP contribution in [0.3, 0.4) is 0 Å². The molecule has 1 atom stereocenters. The van der Waals surface area contributed by atoms with E-state index in [9.17, 15) is 24.3 Å². The second-order valence-corrected chi connectivity index (χ2v) is 17.9. The molecule has 1 aromatic heterocycles. The van der Waals surface area contributed by atoms with Gasteiger partial charge in [-0.15, -0.1) is 11.3 Å². The number of carbonyl (C=O) groups excluding carboxylic acids is 4. The van der Waals surface area contributed by atoms with Crippen LogP contribution in [0.5, 0.6) is 23.0 Å². The van der Waals surface area contributed by atoms with Crippen molar-refractivity contribution in [2.45, 2.75) is 63.3 Å². The van der Waals surface area contributed by atoms with Gasteiger partial charge in [0.25, 0.3) is 11.8 Å². The number of nitrogens with one attached hydrogen (secondary N) is 1. The van der Waals surface area contributed by atoms with Crippen LogP contribution >= 0.6 is 27.3 Å². The number of phenolic OH excluding ortho intramolecular Hbond substituents is 1. The lowest BCUT2D eigenvalue weighted by Gasteiger charge is -2.39. The number of fused-ring (bicyclic) bond motifs is 2. The van der Waals surface area contributed by atoms with E-state index in [2.05, 4.69) is 38.3 Å². The third-order valence-corrected chi connectivity index (χ3v) is 14.2. The van der Waals surface area contributed by atoms with Crippen molar-refractivity contribution >= 4 is 61.0 Å². The molecule has 58 heavy (non-hydrogen) atoms. The van der Waals surface area contributed by atoms with Crippen molar-refractivity contribution in [3.05, 3.63) is 106 Å². The van der Waals surface area contributed by atoms with Crippen LogP contribution in [0.1, 0.15) is 83.6 Å².